The van der Waals surface area contributed by atoms with Gasteiger partial charge < -0.3 is 10.1 Å². The van der Waals surface area contributed by atoms with E-state index in [0.717, 1.165) is 32.5 Å². The highest BCUT2D eigenvalue weighted by atomic mass is 16.5. The Morgan fingerprint density at radius 1 is 1.50 bits per heavy atom. The zero-order chi connectivity index (χ0) is 10.0. The second-order valence-corrected chi connectivity index (χ2v) is 4.51. The van der Waals surface area contributed by atoms with Crippen LogP contribution in [0.2, 0.25) is 0 Å². The summed E-state index contributed by atoms with van der Waals surface area (Å²) in [5.41, 5.74) is 0.0886. The average molecular weight is 197 g/mol. The van der Waals surface area contributed by atoms with Crippen LogP contribution in [-0.4, -0.2) is 24.7 Å². The van der Waals surface area contributed by atoms with Gasteiger partial charge in [-0.3, -0.25) is 4.79 Å². The summed E-state index contributed by atoms with van der Waals surface area (Å²) in [5.74, 6) is 0.786. The van der Waals surface area contributed by atoms with Crippen LogP contribution in [0, 0.1) is 5.92 Å². The Kier molecular flexibility index (Phi) is 2.77. The fourth-order valence-electron chi connectivity index (χ4n) is 2.85. The number of ether oxygens (including phenoxy) is 1. The molecule has 2 rings (SSSR count). The van der Waals surface area contributed by atoms with Crippen molar-refractivity contribution in [3.8, 4) is 0 Å². The number of amides is 1. The van der Waals surface area contributed by atoms with E-state index in [1.807, 2.05) is 0 Å². The molecule has 0 saturated carbocycles. The van der Waals surface area contributed by atoms with E-state index in [0.29, 0.717) is 5.92 Å². The molecule has 0 aromatic heterocycles. The average Bonchev–Trinajstić information content (AvgIpc) is 2.45. The molecule has 2 aliphatic heterocycles. The van der Waals surface area contributed by atoms with Crippen LogP contribution in [0.25, 0.3) is 0 Å². The van der Waals surface area contributed by atoms with Crippen molar-refractivity contribution < 1.29 is 9.53 Å². The van der Waals surface area contributed by atoms with Crippen LogP contribution in [0.15, 0.2) is 0 Å². The molecule has 1 amide bonds. The fourth-order valence-corrected chi connectivity index (χ4v) is 2.85. The van der Waals surface area contributed by atoms with Crippen molar-refractivity contribution in [1.29, 1.82) is 0 Å². The number of carbonyl (C=O) groups excluding carboxylic acids is 1. The SMILES string of the molecule is CCCC1CC(=O)NC12CCOCC2. The van der Waals surface area contributed by atoms with Gasteiger partial charge in [0.15, 0.2) is 0 Å². The molecule has 3 heteroatoms. The molecule has 0 aromatic rings. The molecule has 0 bridgehead atoms. The van der Waals surface area contributed by atoms with Gasteiger partial charge in [0, 0.05) is 25.2 Å². The van der Waals surface area contributed by atoms with Crippen molar-refractivity contribution in [2.75, 3.05) is 13.2 Å². The molecule has 2 aliphatic rings. The fraction of sp³-hybridized carbons (Fsp3) is 0.909. The van der Waals surface area contributed by atoms with Crippen LogP contribution in [0.1, 0.15) is 39.0 Å². The molecule has 1 spiro atoms. The number of rotatable bonds is 2. The first-order valence-electron chi connectivity index (χ1n) is 5.65. The third-order valence-corrected chi connectivity index (χ3v) is 3.62. The summed E-state index contributed by atoms with van der Waals surface area (Å²) < 4.78 is 5.37. The molecule has 2 heterocycles. The van der Waals surface area contributed by atoms with E-state index in [1.165, 1.54) is 12.8 Å². The standard InChI is InChI=1S/C11H19NO2/c1-2-3-9-8-10(13)12-11(9)4-6-14-7-5-11/h9H,2-8H2,1H3,(H,12,13). The Balaban J connectivity index is 2.09. The second-order valence-electron chi connectivity index (χ2n) is 4.51. The summed E-state index contributed by atoms with van der Waals surface area (Å²) in [4.78, 5) is 11.4. The largest absolute Gasteiger partial charge is 0.381 e. The van der Waals surface area contributed by atoms with Gasteiger partial charge in [-0.15, -0.1) is 0 Å². The molecule has 1 atom stereocenters. The van der Waals surface area contributed by atoms with Crippen LogP contribution in [-0.2, 0) is 9.53 Å². The molecule has 2 fully saturated rings. The van der Waals surface area contributed by atoms with E-state index in [1.54, 1.807) is 0 Å². The van der Waals surface area contributed by atoms with Gasteiger partial charge >= 0.3 is 0 Å². The summed E-state index contributed by atoms with van der Waals surface area (Å²) in [7, 11) is 0. The van der Waals surface area contributed by atoms with E-state index in [2.05, 4.69) is 12.2 Å². The topological polar surface area (TPSA) is 38.3 Å². The predicted molar refractivity (Wildman–Crippen MR) is 53.9 cm³/mol. The van der Waals surface area contributed by atoms with Crippen molar-refractivity contribution in [3.05, 3.63) is 0 Å². The summed E-state index contributed by atoms with van der Waals surface area (Å²) in [6.45, 7) is 3.80. The Bertz CT molecular complexity index is 221. The molecule has 3 nitrogen and oxygen atoms in total. The highest BCUT2D eigenvalue weighted by molar-refractivity contribution is 5.80. The lowest BCUT2D eigenvalue weighted by Gasteiger charge is -2.38. The lowest BCUT2D eigenvalue weighted by molar-refractivity contribution is -0.120. The zero-order valence-electron chi connectivity index (χ0n) is 8.84. The van der Waals surface area contributed by atoms with Crippen molar-refractivity contribution in [1.82, 2.24) is 5.32 Å². The van der Waals surface area contributed by atoms with E-state index in [9.17, 15) is 4.79 Å². The molecule has 14 heavy (non-hydrogen) atoms. The molecule has 2 saturated heterocycles. The predicted octanol–water partition coefficient (Wildman–Crippen LogP) is 1.47. The monoisotopic (exact) mass is 197 g/mol. The quantitative estimate of drug-likeness (QED) is 0.728. The van der Waals surface area contributed by atoms with Crippen LogP contribution in [0.5, 0.6) is 0 Å². The van der Waals surface area contributed by atoms with Gasteiger partial charge in [-0.25, -0.2) is 0 Å². The minimum Gasteiger partial charge on any atom is -0.381 e. The maximum Gasteiger partial charge on any atom is 0.220 e. The van der Waals surface area contributed by atoms with Gasteiger partial charge in [0.1, 0.15) is 0 Å². The highest BCUT2D eigenvalue weighted by Gasteiger charge is 2.46. The summed E-state index contributed by atoms with van der Waals surface area (Å²) in [5, 5.41) is 3.19. The molecule has 1 N–H and O–H groups in total. The third kappa shape index (κ3) is 1.65. The van der Waals surface area contributed by atoms with Crippen molar-refractivity contribution in [2.24, 2.45) is 5.92 Å². The first-order valence-corrected chi connectivity index (χ1v) is 5.65. The summed E-state index contributed by atoms with van der Waals surface area (Å²) in [6, 6.07) is 0. The minimum atomic E-state index is 0.0886. The van der Waals surface area contributed by atoms with Gasteiger partial charge in [-0.2, -0.15) is 0 Å². The van der Waals surface area contributed by atoms with Crippen molar-refractivity contribution in [3.63, 3.8) is 0 Å². The van der Waals surface area contributed by atoms with Gasteiger partial charge in [-0.1, -0.05) is 13.3 Å². The first-order chi connectivity index (χ1) is 6.77. The smallest absolute Gasteiger partial charge is 0.220 e. The van der Waals surface area contributed by atoms with Crippen LogP contribution in [0.4, 0.5) is 0 Å². The van der Waals surface area contributed by atoms with Gasteiger partial charge in [-0.05, 0) is 25.2 Å². The second kappa shape index (κ2) is 3.89. The molecule has 80 valence electrons. The molecular weight excluding hydrogens is 178 g/mol. The Hall–Kier alpha value is -0.570. The van der Waals surface area contributed by atoms with Crippen molar-refractivity contribution >= 4 is 5.91 Å². The molecular formula is C11H19NO2. The molecule has 0 aliphatic carbocycles. The summed E-state index contributed by atoms with van der Waals surface area (Å²) in [6.07, 6.45) is 5.07. The molecule has 0 aromatic carbocycles. The first kappa shape index (κ1) is 9.97. The van der Waals surface area contributed by atoms with Gasteiger partial charge in [0.05, 0.1) is 0 Å². The lowest BCUT2D eigenvalue weighted by Crippen LogP contribution is -2.50. The minimum absolute atomic E-state index is 0.0886. The number of hydrogen-bond acceptors (Lipinski definition) is 2. The van der Waals surface area contributed by atoms with E-state index in [4.69, 9.17) is 4.74 Å². The van der Waals surface area contributed by atoms with Gasteiger partial charge in [0.25, 0.3) is 0 Å². The van der Waals surface area contributed by atoms with E-state index in [-0.39, 0.29) is 11.4 Å². The van der Waals surface area contributed by atoms with Crippen LogP contribution in [0.3, 0.4) is 0 Å². The normalized spacial score (nSPS) is 30.6. The number of nitrogens with one attached hydrogen (secondary N) is 1. The molecule has 0 radical (unpaired) electrons. The number of hydrogen-bond donors (Lipinski definition) is 1. The maximum absolute atomic E-state index is 11.4. The lowest BCUT2D eigenvalue weighted by atomic mass is 9.77. The van der Waals surface area contributed by atoms with E-state index < -0.39 is 0 Å². The van der Waals surface area contributed by atoms with Crippen molar-refractivity contribution in [2.45, 2.75) is 44.6 Å². The summed E-state index contributed by atoms with van der Waals surface area (Å²) >= 11 is 0. The van der Waals surface area contributed by atoms with Crippen LogP contribution >= 0.6 is 0 Å². The Morgan fingerprint density at radius 2 is 2.21 bits per heavy atom. The van der Waals surface area contributed by atoms with E-state index >= 15 is 0 Å². The third-order valence-electron chi connectivity index (χ3n) is 3.62. The Morgan fingerprint density at radius 3 is 2.86 bits per heavy atom. The van der Waals surface area contributed by atoms with Gasteiger partial charge in [0.2, 0.25) is 5.91 Å². The molecule has 1 unspecified atom stereocenters. The number of carbonyl (C=O) groups is 1. The Labute approximate surface area is 85.2 Å². The maximum atomic E-state index is 11.4. The highest BCUT2D eigenvalue weighted by Crippen LogP contribution is 2.38. The van der Waals surface area contributed by atoms with Crippen LogP contribution < -0.4 is 5.32 Å². The zero-order valence-corrected chi connectivity index (χ0v) is 8.84.